The van der Waals surface area contributed by atoms with E-state index in [2.05, 4.69) is 15.3 Å². The highest BCUT2D eigenvalue weighted by Gasteiger charge is 2.37. The predicted molar refractivity (Wildman–Crippen MR) is 121 cm³/mol. The molecule has 1 aliphatic heterocycles. The molecule has 0 bridgehead atoms. The fraction of sp³-hybridized carbons (Fsp3) is 0.261. The van der Waals surface area contributed by atoms with Gasteiger partial charge in [0.05, 0.1) is 41.2 Å². The monoisotopic (exact) mass is 508 g/mol. The van der Waals surface area contributed by atoms with Crippen LogP contribution in [-0.4, -0.2) is 50.3 Å². The summed E-state index contributed by atoms with van der Waals surface area (Å²) in [6.45, 7) is 0. The van der Waals surface area contributed by atoms with E-state index in [1.165, 1.54) is 18.5 Å². The standard InChI is InChI=1S/C23H20ClF3N4O4/c24-8-18-22(33)16(32)7-17(35-18)10-4-5-29-9-15(10)30-23(34)21-14(28)6-13(27)20(31-21)19-11(25)2-1-3-12(19)26/h1-6,9,16-18,22,32-33H,7-8,28H2,(H,30,34)/t16-,17-,18-,22+/m1/s1. The van der Waals surface area contributed by atoms with Crippen molar-refractivity contribution in [3.05, 3.63) is 71.4 Å². The maximum absolute atomic E-state index is 14.5. The summed E-state index contributed by atoms with van der Waals surface area (Å²) in [5, 5.41) is 22.8. The Kier molecular flexibility index (Phi) is 7.22. The third-order valence-electron chi connectivity index (χ3n) is 5.59. The summed E-state index contributed by atoms with van der Waals surface area (Å²) in [5.41, 5.74) is 4.06. The SMILES string of the molecule is Nc1cc(F)c(-c2c(F)cccc2F)nc1C(=O)Nc1cnccc1[C@H]1C[C@@H](O)[C@H](O)[C@@H](CCl)O1. The number of alkyl halides is 1. The molecule has 0 saturated carbocycles. The lowest BCUT2D eigenvalue weighted by Gasteiger charge is -2.37. The van der Waals surface area contributed by atoms with Gasteiger partial charge in [0.2, 0.25) is 0 Å². The van der Waals surface area contributed by atoms with Gasteiger partial charge in [-0.1, -0.05) is 6.07 Å². The number of nitrogens with zero attached hydrogens (tertiary/aromatic N) is 2. The Bertz CT molecular complexity index is 1250. The highest BCUT2D eigenvalue weighted by atomic mass is 35.5. The minimum Gasteiger partial charge on any atom is -0.397 e. The molecule has 2 aromatic heterocycles. The molecular weight excluding hydrogens is 489 g/mol. The van der Waals surface area contributed by atoms with Gasteiger partial charge in [0.1, 0.15) is 29.5 Å². The molecule has 1 amide bonds. The first-order valence-electron chi connectivity index (χ1n) is 10.4. The Balaban J connectivity index is 1.67. The van der Waals surface area contributed by atoms with Crippen molar-refractivity contribution in [1.82, 2.24) is 9.97 Å². The fourth-order valence-corrected chi connectivity index (χ4v) is 4.09. The molecule has 184 valence electrons. The molecule has 1 aromatic carbocycles. The molecule has 3 aromatic rings. The van der Waals surface area contributed by atoms with Crippen LogP contribution in [-0.2, 0) is 4.74 Å². The van der Waals surface area contributed by atoms with E-state index in [0.717, 1.165) is 24.3 Å². The van der Waals surface area contributed by atoms with Crippen molar-refractivity contribution in [2.45, 2.75) is 30.8 Å². The molecule has 12 heteroatoms. The predicted octanol–water partition coefficient (Wildman–Crippen LogP) is 3.19. The third kappa shape index (κ3) is 4.94. The van der Waals surface area contributed by atoms with Crippen molar-refractivity contribution in [1.29, 1.82) is 0 Å². The van der Waals surface area contributed by atoms with Crippen LogP contribution in [0.5, 0.6) is 0 Å². The van der Waals surface area contributed by atoms with Gasteiger partial charge in [-0.05, 0) is 18.2 Å². The average Bonchev–Trinajstić information content (AvgIpc) is 2.82. The summed E-state index contributed by atoms with van der Waals surface area (Å²) in [6.07, 6.45) is -1.15. The number of ether oxygens (including phenoxy) is 1. The molecule has 35 heavy (non-hydrogen) atoms. The Labute approximate surface area is 202 Å². The fourth-order valence-electron chi connectivity index (χ4n) is 3.84. The van der Waals surface area contributed by atoms with Crippen LogP contribution >= 0.6 is 11.6 Å². The van der Waals surface area contributed by atoms with E-state index < -0.39 is 64.7 Å². The number of halogens is 4. The van der Waals surface area contributed by atoms with E-state index in [4.69, 9.17) is 22.1 Å². The van der Waals surface area contributed by atoms with Gasteiger partial charge in [-0.25, -0.2) is 18.2 Å². The number of rotatable bonds is 5. The quantitative estimate of drug-likeness (QED) is 0.389. The van der Waals surface area contributed by atoms with Crippen LogP contribution in [0.2, 0.25) is 0 Å². The third-order valence-corrected chi connectivity index (χ3v) is 5.90. The molecule has 0 radical (unpaired) electrons. The molecule has 1 saturated heterocycles. The van der Waals surface area contributed by atoms with Gasteiger partial charge in [-0.15, -0.1) is 11.6 Å². The van der Waals surface area contributed by atoms with Gasteiger partial charge < -0.3 is 26.0 Å². The molecule has 4 rings (SSSR count). The van der Waals surface area contributed by atoms with Crippen LogP contribution in [0.25, 0.3) is 11.3 Å². The first kappa shape index (κ1) is 24.9. The van der Waals surface area contributed by atoms with Gasteiger partial charge in [-0.3, -0.25) is 9.78 Å². The van der Waals surface area contributed by atoms with Crippen LogP contribution in [0.3, 0.4) is 0 Å². The molecular formula is C23H20ClF3N4O4. The number of aliphatic hydroxyl groups is 2. The zero-order valence-electron chi connectivity index (χ0n) is 18.0. The highest BCUT2D eigenvalue weighted by Crippen LogP contribution is 2.36. The van der Waals surface area contributed by atoms with Crippen LogP contribution in [0, 0.1) is 17.5 Å². The van der Waals surface area contributed by atoms with Gasteiger partial charge in [0.15, 0.2) is 11.5 Å². The van der Waals surface area contributed by atoms with Crippen molar-refractivity contribution in [2.75, 3.05) is 16.9 Å². The van der Waals surface area contributed by atoms with Gasteiger partial charge in [0.25, 0.3) is 5.91 Å². The second-order valence-electron chi connectivity index (χ2n) is 7.88. The largest absolute Gasteiger partial charge is 0.397 e. The summed E-state index contributed by atoms with van der Waals surface area (Å²) < 4.78 is 48.8. The number of pyridine rings is 2. The number of aliphatic hydroxyl groups excluding tert-OH is 2. The highest BCUT2D eigenvalue weighted by molar-refractivity contribution is 6.18. The van der Waals surface area contributed by atoms with Crippen molar-refractivity contribution >= 4 is 28.9 Å². The van der Waals surface area contributed by atoms with Gasteiger partial charge >= 0.3 is 0 Å². The minimum atomic E-state index is -1.18. The molecule has 5 N–H and O–H groups in total. The summed E-state index contributed by atoms with van der Waals surface area (Å²) in [5.74, 6) is -4.22. The van der Waals surface area contributed by atoms with E-state index in [1.54, 1.807) is 0 Å². The number of aromatic nitrogens is 2. The number of amides is 1. The summed E-state index contributed by atoms with van der Waals surface area (Å²) in [6, 6.07) is 5.26. The summed E-state index contributed by atoms with van der Waals surface area (Å²) >= 11 is 5.83. The molecule has 8 nitrogen and oxygen atoms in total. The van der Waals surface area contributed by atoms with Crippen LogP contribution in [0.4, 0.5) is 24.5 Å². The number of hydrogen-bond acceptors (Lipinski definition) is 7. The maximum Gasteiger partial charge on any atom is 0.276 e. The molecule has 0 unspecified atom stereocenters. The smallest absolute Gasteiger partial charge is 0.276 e. The lowest BCUT2D eigenvalue weighted by molar-refractivity contribution is -0.162. The first-order chi connectivity index (χ1) is 16.7. The molecule has 0 aliphatic carbocycles. The number of hydrogen-bond donors (Lipinski definition) is 4. The first-order valence-corrected chi connectivity index (χ1v) is 11.0. The second kappa shape index (κ2) is 10.2. The number of nitrogens with two attached hydrogens (primary N) is 1. The second-order valence-corrected chi connectivity index (χ2v) is 8.19. The van der Waals surface area contributed by atoms with Crippen molar-refractivity contribution < 1.29 is 32.9 Å². The molecule has 1 fully saturated rings. The number of nitrogen functional groups attached to an aromatic ring is 1. The Morgan fingerprint density at radius 2 is 1.91 bits per heavy atom. The van der Waals surface area contributed by atoms with Gasteiger partial charge in [0, 0.05) is 24.2 Å². The summed E-state index contributed by atoms with van der Waals surface area (Å²) in [4.78, 5) is 20.8. The lowest BCUT2D eigenvalue weighted by Crippen LogP contribution is -2.46. The van der Waals surface area contributed by atoms with E-state index >= 15 is 0 Å². The van der Waals surface area contributed by atoms with Gasteiger partial charge in [-0.2, -0.15) is 0 Å². The Morgan fingerprint density at radius 1 is 1.20 bits per heavy atom. The zero-order valence-corrected chi connectivity index (χ0v) is 18.7. The van der Waals surface area contributed by atoms with Crippen LogP contribution in [0.1, 0.15) is 28.6 Å². The molecule has 3 heterocycles. The number of nitrogens with one attached hydrogen (secondary N) is 1. The molecule has 4 atom stereocenters. The van der Waals surface area contributed by atoms with Crippen molar-refractivity contribution in [2.24, 2.45) is 0 Å². The lowest BCUT2D eigenvalue weighted by atomic mass is 9.94. The van der Waals surface area contributed by atoms with E-state index in [0.29, 0.717) is 5.56 Å². The molecule has 1 aliphatic rings. The van der Waals surface area contributed by atoms with E-state index in [9.17, 15) is 28.2 Å². The number of carbonyl (C=O) groups is 1. The molecule has 0 spiro atoms. The van der Waals surface area contributed by atoms with Crippen LogP contribution in [0.15, 0.2) is 42.7 Å². The van der Waals surface area contributed by atoms with Crippen molar-refractivity contribution in [3.63, 3.8) is 0 Å². The average molecular weight is 509 g/mol. The normalized spacial score (nSPS) is 22.1. The number of carbonyl (C=O) groups excluding carboxylic acids is 1. The maximum atomic E-state index is 14.5. The van der Waals surface area contributed by atoms with E-state index in [1.807, 2.05) is 0 Å². The topological polar surface area (TPSA) is 131 Å². The number of anilines is 2. The van der Waals surface area contributed by atoms with E-state index in [-0.39, 0.29) is 23.7 Å². The Hall–Kier alpha value is -3.25. The Morgan fingerprint density at radius 3 is 2.60 bits per heavy atom. The van der Waals surface area contributed by atoms with Crippen molar-refractivity contribution in [3.8, 4) is 11.3 Å². The minimum absolute atomic E-state index is 0.00901. The van der Waals surface area contributed by atoms with Crippen LogP contribution < -0.4 is 11.1 Å². The zero-order chi connectivity index (χ0) is 25.3. The number of benzene rings is 1. The summed E-state index contributed by atoms with van der Waals surface area (Å²) in [7, 11) is 0.